The van der Waals surface area contributed by atoms with E-state index < -0.39 is 31.3 Å². The number of nitrogen functional groups attached to an aromatic ring is 1. The molecule has 15 heteroatoms. The lowest BCUT2D eigenvalue weighted by molar-refractivity contribution is -0.137. The van der Waals surface area contributed by atoms with Gasteiger partial charge in [0.05, 0.1) is 24.4 Å². The van der Waals surface area contributed by atoms with Crippen LogP contribution in [0.3, 0.4) is 0 Å². The summed E-state index contributed by atoms with van der Waals surface area (Å²) in [6.45, 7) is -0.175. The maximum absolute atomic E-state index is 13.5. The van der Waals surface area contributed by atoms with E-state index in [-0.39, 0.29) is 24.3 Å². The van der Waals surface area contributed by atoms with Crippen molar-refractivity contribution in [3.05, 3.63) is 54.7 Å². The van der Waals surface area contributed by atoms with E-state index >= 15 is 0 Å². The SMILES string of the molecule is CC(C)C(=O)Oc1ccc(CSP2(=O)OCC3OC(n4c(-c5ccoc5)nc5c(N)ncnc54)[C@@H](O)[C@H]3O2)cc1. The fraction of sp³-hybridized carbons (Fsp3) is 0.360. The maximum Gasteiger partial charge on any atom is 0.389 e. The Balaban J connectivity index is 1.18. The molecular weight excluding hydrogens is 561 g/mol. The molecule has 1 aromatic carbocycles. The van der Waals surface area contributed by atoms with Crippen molar-refractivity contribution in [2.24, 2.45) is 5.92 Å². The molecule has 0 radical (unpaired) electrons. The molecule has 40 heavy (non-hydrogen) atoms. The van der Waals surface area contributed by atoms with Gasteiger partial charge in [-0.15, -0.1) is 0 Å². The van der Waals surface area contributed by atoms with Crippen molar-refractivity contribution in [2.45, 2.75) is 44.1 Å². The molecule has 5 heterocycles. The molecule has 0 spiro atoms. The van der Waals surface area contributed by atoms with Crippen LogP contribution in [0.1, 0.15) is 25.6 Å². The number of rotatable bonds is 7. The lowest BCUT2D eigenvalue weighted by Crippen LogP contribution is -2.38. The zero-order valence-corrected chi connectivity index (χ0v) is 23.2. The number of aliphatic hydroxyl groups is 1. The smallest absolute Gasteiger partial charge is 0.389 e. The summed E-state index contributed by atoms with van der Waals surface area (Å²) < 4.78 is 43.3. The topological polar surface area (TPSA) is 174 Å². The van der Waals surface area contributed by atoms with Crippen LogP contribution in [0.15, 0.2) is 53.6 Å². The van der Waals surface area contributed by atoms with Gasteiger partial charge < -0.3 is 24.7 Å². The van der Waals surface area contributed by atoms with Gasteiger partial charge in [-0.05, 0) is 35.1 Å². The second kappa shape index (κ2) is 10.6. The molecule has 2 aliphatic rings. The highest BCUT2D eigenvalue weighted by atomic mass is 32.7. The number of benzene rings is 1. The average molecular weight is 588 g/mol. The molecule has 2 fully saturated rings. The Morgan fingerprint density at radius 1 is 1.27 bits per heavy atom. The molecule has 5 atom stereocenters. The second-order valence-corrected chi connectivity index (χ2v) is 13.6. The molecule has 3 unspecified atom stereocenters. The number of ether oxygens (including phenoxy) is 2. The Morgan fingerprint density at radius 3 is 2.80 bits per heavy atom. The predicted octanol–water partition coefficient (Wildman–Crippen LogP) is 3.95. The normalized spacial score (nSPS) is 26.3. The van der Waals surface area contributed by atoms with Crippen LogP contribution in [0.25, 0.3) is 22.6 Å². The molecule has 13 nitrogen and oxygen atoms in total. The van der Waals surface area contributed by atoms with Gasteiger partial charge in [0.2, 0.25) is 0 Å². The zero-order valence-electron chi connectivity index (χ0n) is 21.4. The van der Waals surface area contributed by atoms with Crippen molar-refractivity contribution in [3.8, 4) is 17.1 Å². The van der Waals surface area contributed by atoms with Crippen LogP contribution < -0.4 is 10.5 Å². The molecule has 0 amide bonds. The Kier molecular flexibility index (Phi) is 7.15. The number of esters is 1. The van der Waals surface area contributed by atoms with Gasteiger partial charge in [-0.1, -0.05) is 26.0 Å². The first kappa shape index (κ1) is 26.9. The molecular formula is C25H26N5O8PS. The Hall–Kier alpha value is -3.26. The molecule has 6 rings (SSSR count). The maximum atomic E-state index is 13.5. The summed E-state index contributed by atoms with van der Waals surface area (Å²) in [4.78, 5) is 24.7. The first-order valence-corrected chi connectivity index (χ1v) is 15.6. The third-order valence-corrected chi connectivity index (χ3v) is 10.2. The third kappa shape index (κ3) is 5.02. The second-order valence-electron chi connectivity index (χ2n) is 9.61. The number of nitrogens with zero attached hydrogens (tertiary/aromatic N) is 4. The fourth-order valence-corrected chi connectivity index (χ4v) is 7.81. The number of imidazole rings is 1. The summed E-state index contributed by atoms with van der Waals surface area (Å²) in [5, 5.41) is 11.3. The molecule has 3 aromatic heterocycles. The van der Waals surface area contributed by atoms with Gasteiger partial charge in [0, 0.05) is 5.75 Å². The number of nitrogens with two attached hydrogens (primary N) is 1. The van der Waals surface area contributed by atoms with Crippen molar-refractivity contribution in [2.75, 3.05) is 12.3 Å². The standard InChI is InChI=1S/C25H26N5O8PS/c1-13(2)25(32)36-16-5-3-14(4-6-16)11-40-39(33)35-10-17-20(38-39)19(31)24(37-17)30-22(15-7-8-34-9-15)29-18-21(26)27-12-28-23(18)30/h3-9,12-13,17,19-20,24,31H,10-11H2,1-2H3,(H2,26,27,28)/t17?,19-,20-,24?,39?/m0/s1. The minimum Gasteiger partial charge on any atom is -0.472 e. The van der Waals surface area contributed by atoms with Gasteiger partial charge in [0.25, 0.3) is 0 Å². The summed E-state index contributed by atoms with van der Waals surface area (Å²) >= 11 is 1.00. The highest BCUT2D eigenvalue weighted by Crippen LogP contribution is 2.66. The summed E-state index contributed by atoms with van der Waals surface area (Å²) in [5.74, 6) is 0.746. The lowest BCUT2D eigenvalue weighted by Gasteiger charge is -2.31. The van der Waals surface area contributed by atoms with Crippen molar-refractivity contribution in [1.82, 2.24) is 19.5 Å². The van der Waals surface area contributed by atoms with E-state index in [1.807, 2.05) is 0 Å². The summed E-state index contributed by atoms with van der Waals surface area (Å²) in [7, 11) is 0. The summed E-state index contributed by atoms with van der Waals surface area (Å²) in [6.07, 6.45) is 0.471. The number of fused-ring (bicyclic) bond motifs is 2. The lowest BCUT2D eigenvalue weighted by atomic mass is 10.1. The zero-order chi connectivity index (χ0) is 28.0. The molecule has 0 saturated carbocycles. The van der Waals surface area contributed by atoms with Gasteiger partial charge in [-0.3, -0.25) is 18.4 Å². The van der Waals surface area contributed by atoms with Crippen LogP contribution in [0.4, 0.5) is 5.82 Å². The van der Waals surface area contributed by atoms with Crippen molar-refractivity contribution in [3.63, 3.8) is 0 Å². The van der Waals surface area contributed by atoms with Crippen molar-refractivity contribution in [1.29, 1.82) is 0 Å². The first-order valence-electron chi connectivity index (χ1n) is 12.4. The Labute approximate surface area is 232 Å². The first-order chi connectivity index (χ1) is 19.2. The number of hydrogen-bond acceptors (Lipinski definition) is 13. The van der Waals surface area contributed by atoms with Gasteiger partial charge in [0.1, 0.15) is 42.5 Å². The quantitative estimate of drug-likeness (QED) is 0.181. The Bertz CT molecular complexity index is 1580. The van der Waals surface area contributed by atoms with Crippen LogP contribution in [0, 0.1) is 5.92 Å². The summed E-state index contributed by atoms with van der Waals surface area (Å²) in [6, 6.07) is 8.60. The number of furan rings is 1. The van der Waals surface area contributed by atoms with Crippen molar-refractivity contribution >= 4 is 41.1 Å². The van der Waals surface area contributed by atoms with E-state index in [2.05, 4.69) is 15.0 Å². The van der Waals surface area contributed by atoms with Crippen LogP contribution in [0.2, 0.25) is 0 Å². The molecule has 0 aliphatic carbocycles. The molecule has 2 aliphatic heterocycles. The molecule has 3 N–H and O–H groups in total. The van der Waals surface area contributed by atoms with E-state index in [1.165, 1.54) is 18.9 Å². The minimum atomic E-state index is -3.65. The van der Waals surface area contributed by atoms with Crippen LogP contribution >= 0.6 is 18.2 Å². The average Bonchev–Trinajstić information content (AvgIpc) is 3.67. The number of carbonyl (C=O) groups excluding carboxylic acids is 1. The van der Waals surface area contributed by atoms with E-state index in [4.69, 9.17) is 28.7 Å². The monoisotopic (exact) mass is 587 g/mol. The van der Waals surface area contributed by atoms with E-state index in [0.29, 0.717) is 34.1 Å². The van der Waals surface area contributed by atoms with Crippen molar-refractivity contribution < 1.29 is 37.4 Å². The number of anilines is 1. The molecule has 2 saturated heterocycles. The van der Waals surface area contributed by atoms with Gasteiger partial charge in [-0.2, -0.15) is 0 Å². The number of aliphatic hydroxyl groups excluding tert-OH is 1. The molecule has 4 aromatic rings. The van der Waals surface area contributed by atoms with Gasteiger partial charge in [-0.25, -0.2) is 19.5 Å². The van der Waals surface area contributed by atoms with E-state index in [1.54, 1.807) is 48.7 Å². The number of hydrogen-bond donors (Lipinski definition) is 2. The van der Waals surface area contributed by atoms with Crippen LogP contribution in [-0.4, -0.2) is 55.5 Å². The van der Waals surface area contributed by atoms with Crippen LogP contribution in [-0.2, 0) is 28.9 Å². The number of carbonyl (C=O) groups is 1. The minimum absolute atomic E-state index is 0.0443. The Morgan fingerprint density at radius 2 is 2.08 bits per heavy atom. The summed E-state index contributed by atoms with van der Waals surface area (Å²) in [5.41, 5.74) is 8.18. The predicted molar refractivity (Wildman–Crippen MR) is 144 cm³/mol. The number of aromatic nitrogens is 4. The van der Waals surface area contributed by atoms with Crippen LogP contribution in [0.5, 0.6) is 5.75 Å². The molecule has 210 valence electrons. The van der Waals surface area contributed by atoms with E-state index in [9.17, 15) is 14.5 Å². The van der Waals surface area contributed by atoms with Gasteiger partial charge in [0.15, 0.2) is 23.2 Å². The van der Waals surface area contributed by atoms with Gasteiger partial charge >= 0.3 is 12.8 Å². The van der Waals surface area contributed by atoms with E-state index in [0.717, 1.165) is 16.9 Å². The highest BCUT2D eigenvalue weighted by Gasteiger charge is 2.53. The highest BCUT2D eigenvalue weighted by molar-refractivity contribution is 8.54. The molecule has 0 bridgehead atoms. The fourth-order valence-electron chi connectivity index (χ4n) is 4.41. The third-order valence-electron chi connectivity index (χ3n) is 6.50. The largest absolute Gasteiger partial charge is 0.472 e.